The number of sulfonamides is 1. The number of aryl methyl sites for hydroxylation is 1. The molecule has 0 aliphatic carbocycles. The second-order valence-corrected chi connectivity index (χ2v) is 9.60. The minimum atomic E-state index is -3.64. The Morgan fingerprint density at radius 1 is 1.27 bits per heavy atom. The molecule has 1 aliphatic heterocycles. The predicted molar refractivity (Wildman–Crippen MR) is 116 cm³/mol. The molecule has 30 heavy (non-hydrogen) atoms. The van der Waals surface area contributed by atoms with Crippen LogP contribution in [0.15, 0.2) is 52.5 Å². The first kappa shape index (κ1) is 20.4. The number of nitriles is 1. The highest BCUT2D eigenvalue weighted by molar-refractivity contribution is 7.89. The molecule has 0 unspecified atom stereocenters. The Morgan fingerprint density at radius 2 is 2.03 bits per heavy atom. The monoisotopic (exact) mass is 441 g/mol. The number of morpholine rings is 1. The molecule has 10 heteroatoms. The largest absolute Gasteiger partial charge is 0.379 e. The summed E-state index contributed by atoms with van der Waals surface area (Å²) in [5.74, 6) is 0. The number of hydrazone groups is 1. The van der Waals surface area contributed by atoms with Crippen LogP contribution in [0.25, 0.3) is 10.2 Å². The van der Waals surface area contributed by atoms with Gasteiger partial charge in [0.2, 0.25) is 10.0 Å². The zero-order valence-electron chi connectivity index (χ0n) is 16.2. The molecule has 1 fully saturated rings. The van der Waals surface area contributed by atoms with E-state index in [0.29, 0.717) is 42.6 Å². The van der Waals surface area contributed by atoms with Gasteiger partial charge in [-0.1, -0.05) is 18.2 Å². The number of fused-ring (bicyclic) bond motifs is 1. The number of rotatable bonds is 5. The lowest BCUT2D eigenvalue weighted by atomic mass is 10.2. The molecule has 4 rings (SSSR count). The number of hydrogen-bond donors (Lipinski definition) is 1. The quantitative estimate of drug-likeness (QED) is 0.482. The van der Waals surface area contributed by atoms with Crippen LogP contribution < -0.4 is 5.43 Å². The number of para-hydroxylation sites is 1. The topological polar surface area (TPSA) is 108 Å². The number of nitrogens with zero attached hydrogens (tertiary/aromatic N) is 4. The van der Waals surface area contributed by atoms with Gasteiger partial charge in [-0.15, -0.1) is 11.3 Å². The molecule has 0 saturated carbocycles. The first-order valence-corrected chi connectivity index (χ1v) is 11.5. The molecule has 1 saturated heterocycles. The van der Waals surface area contributed by atoms with E-state index in [-0.39, 0.29) is 10.6 Å². The van der Waals surface area contributed by atoms with Gasteiger partial charge in [-0.3, -0.25) is 5.43 Å². The normalized spacial score (nSPS) is 15.8. The van der Waals surface area contributed by atoms with E-state index in [1.54, 1.807) is 19.1 Å². The van der Waals surface area contributed by atoms with E-state index < -0.39 is 10.0 Å². The first-order chi connectivity index (χ1) is 14.5. The molecule has 1 N–H and O–H groups in total. The number of ether oxygens (including phenoxy) is 1. The number of hydrogen-bond acceptors (Lipinski definition) is 8. The van der Waals surface area contributed by atoms with Crippen LogP contribution in [0.2, 0.25) is 0 Å². The molecule has 0 radical (unpaired) electrons. The zero-order chi connectivity index (χ0) is 21.1. The van der Waals surface area contributed by atoms with Crippen molar-refractivity contribution in [1.82, 2.24) is 9.29 Å². The third kappa shape index (κ3) is 4.06. The van der Waals surface area contributed by atoms with E-state index in [1.165, 1.54) is 21.7 Å². The molecule has 154 valence electrons. The fourth-order valence-electron chi connectivity index (χ4n) is 3.09. The van der Waals surface area contributed by atoms with Crippen molar-refractivity contribution in [3.63, 3.8) is 0 Å². The second kappa shape index (κ2) is 8.49. The molecule has 1 aliphatic rings. The molecule has 0 bridgehead atoms. The summed E-state index contributed by atoms with van der Waals surface area (Å²) in [6.45, 7) is 3.17. The van der Waals surface area contributed by atoms with E-state index in [4.69, 9.17) is 4.74 Å². The summed E-state index contributed by atoms with van der Waals surface area (Å²) in [5.41, 5.74) is 4.85. The van der Waals surface area contributed by atoms with Gasteiger partial charge < -0.3 is 4.74 Å². The van der Waals surface area contributed by atoms with Crippen LogP contribution >= 0.6 is 11.3 Å². The maximum atomic E-state index is 13.0. The number of aromatic nitrogens is 1. The van der Waals surface area contributed by atoms with Crippen molar-refractivity contribution < 1.29 is 13.2 Å². The van der Waals surface area contributed by atoms with Gasteiger partial charge in [-0.05, 0) is 36.8 Å². The highest BCUT2D eigenvalue weighted by Crippen LogP contribution is 2.25. The summed E-state index contributed by atoms with van der Waals surface area (Å²) in [5, 5.41) is 14.2. The summed E-state index contributed by atoms with van der Waals surface area (Å²) in [7, 11) is -3.64. The summed E-state index contributed by atoms with van der Waals surface area (Å²) in [4.78, 5) is 4.65. The molecule has 2 aromatic carbocycles. The molecule has 1 aromatic heterocycles. The Hall–Kier alpha value is -2.84. The standard InChI is InChI=1S/C20H19N5O3S2/c1-14-6-7-15(12-19(14)30(26,27)25-8-10-28-11-9-25)23-24-17(13-21)20-22-16-4-2-3-5-18(16)29-20/h2-7,12,23H,8-11H2,1H3/b24-17-. The van der Waals surface area contributed by atoms with Crippen molar-refractivity contribution in [2.24, 2.45) is 5.10 Å². The lowest BCUT2D eigenvalue weighted by Gasteiger charge is -2.26. The maximum Gasteiger partial charge on any atom is 0.243 e. The Morgan fingerprint density at radius 3 is 2.77 bits per heavy atom. The molecule has 2 heterocycles. The third-order valence-electron chi connectivity index (χ3n) is 4.68. The van der Waals surface area contributed by atoms with Gasteiger partial charge in [0.25, 0.3) is 0 Å². The SMILES string of the molecule is Cc1ccc(N/N=C(/C#N)c2nc3ccccc3s2)cc1S(=O)(=O)N1CCOCC1. The molecule has 8 nitrogen and oxygen atoms in total. The Balaban J connectivity index is 1.61. The zero-order valence-corrected chi connectivity index (χ0v) is 17.8. The van der Waals surface area contributed by atoms with E-state index in [9.17, 15) is 13.7 Å². The summed E-state index contributed by atoms with van der Waals surface area (Å²) in [6.07, 6.45) is 0. The number of benzene rings is 2. The molecule has 0 spiro atoms. The van der Waals surface area contributed by atoms with E-state index in [1.807, 2.05) is 24.3 Å². The van der Waals surface area contributed by atoms with Crippen LogP contribution in [0.3, 0.4) is 0 Å². The van der Waals surface area contributed by atoms with Crippen molar-refractivity contribution in [3.05, 3.63) is 53.0 Å². The highest BCUT2D eigenvalue weighted by atomic mass is 32.2. The fourth-order valence-corrected chi connectivity index (χ4v) is 5.65. The predicted octanol–water partition coefficient (Wildman–Crippen LogP) is 2.97. The Labute approximate surface area is 178 Å². The highest BCUT2D eigenvalue weighted by Gasteiger charge is 2.28. The summed E-state index contributed by atoms with van der Waals surface area (Å²) >= 11 is 1.37. The van der Waals surface area contributed by atoms with E-state index in [2.05, 4.69) is 21.6 Å². The summed E-state index contributed by atoms with van der Waals surface area (Å²) < 4.78 is 33.7. The van der Waals surface area contributed by atoms with Crippen molar-refractivity contribution in [1.29, 1.82) is 5.26 Å². The van der Waals surface area contributed by atoms with Gasteiger partial charge in [-0.25, -0.2) is 13.4 Å². The average molecular weight is 442 g/mol. The van der Waals surface area contributed by atoms with Gasteiger partial charge in [-0.2, -0.15) is 14.7 Å². The van der Waals surface area contributed by atoms with Crippen molar-refractivity contribution >= 4 is 43.0 Å². The third-order valence-corrected chi connectivity index (χ3v) is 7.76. The van der Waals surface area contributed by atoms with E-state index >= 15 is 0 Å². The smallest absolute Gasteiger partial charge is 0.243 e. The van der Waals surface area contributed by atoms with Crippen LogP contribution in [0, 0.1) is 18.3 Å². The first-order valence-electron chi connectivity index (χ1n) is 9.27. The summed E-state index contributed by atoms with van der Waals surface area (Å²) in [6, 6.07) is 14.6. The molecular weight excluding hydrogens is 422 g/mol. The van der Waals surface area contributed by atoms with Crippen molar-refractivity contribution in [3.8, 4) is 6.07 Å². The van der Waals surface area contributed by atoms with Crippen molar-refractivity contribution in [2.45, 2.75) is 11.8 Å². The van der Waals surface area contributed by atoms with Crippen LogP contribution in [0.1, 0.15) is 10.6 Å². The van der Waals surface area contributed by atoms with E-state index in [0.717, 1.165) is 10.2 Å². The Bertz CT molecular complexity index is 1220. The van der Waals surface area contributed by atoms with Crippen molar-refractivity contribution in [2.75, 3.05) is 31.7 Å². The molecule has 3 aromatic rings. The fraction of sp³-hybridized carbons (Fsp3) is 0.250. The van der Waals surface area contributed by atoms with Crippen LogP contribution in [-0.2, 0) is 14.8 Å². The second-order valence-electron chi connectivity index (χ2n) is 6.67. The lowest BCUT2D eigenvalue weighted by Crippen LogP contribution is -2.40. The maximum absolute atomic E-state index is 13.0. The van der Waals surface area contributed by atoms with Crippen LogP contribution in [-0.4, -0.2) is 49.7 Å². The van der Waals surface area contributed by atoms with Crippen LogP contribution in [0.5, 0.6) is 0 Å². The average Bonchev–Trinajstić information content (AvgIpc) is 3.19. The van der Waals surface area contributed by atoms with Gasteiger partial charge in [0.05, 0.1) is 34.0 Å². The number of anilines is 1. The molecule has 0 atom stereocenters. The molecule has 0 amide bonds. The van der Waals surface area contributed by atoms with Gasteiger partial charge >= 0.3 is 0 Å². The van der Waals surface area contributed by atoms with Gasteiger partial charge in [0, 0.05) is 13.1 Å². The number of nitrogens with one attached hydrogen (secondary N) is 1. The van der Waals surface area contributed by atoms with Gasteiger partial charge in [0.15, 0.2) is 10.7 Å². The Kier molecular flexibility index (Phi) is 5.78. The number of thiazole rings is 1. The lowest BCUT2D eigenvalue weighted by molar-refractivity contribution is 0.0730. The van der Waals surface area contributed by atoms with Gasteiger partial charge in [0.1, 0.15) is 6.07 Å². The minimum absolute atomic E-state index is 0.134. The minimum Gasteiger partial charge on any atom is -0.379 e. The van der Waals surface area contributed by atoms with Crippen LogP contribution in [0.4, 0.5) is 5.69 Å². The molecular formula is C20H19N5O3S2.